The van der Waals surface area contributed by atoms with Crippen LogP contribution in [0, 0.1) is 13.8 Å². The number of fused-ring (bicyclic) bond motifs is 5. The maximum absolute atomic E-state index is 14.2. The highest BCUT2D eigenvalue weighted by Gasteiger charge is 2.59. The van der Waals surface area contributed by atoms with E-state index in [9.17, 15) is 14.7 Å². The summed E-state index contributed by atoms with van der Waals surface area (Å²) < 4.78 is 3.30. The average Bonchev–Trinajstić information content (AvgIpc) is 3.40. The van der Waals surface area contributed by atoms with E-state index < -0.39 is 5.54 Å². The molecule has 34 heavy (non-hydrogen) atoms. The minimum absolute atomic E-state index is 0.0204. The predicted molar refractivity (Wildman–Crippen MR) is 131 cm³/mol. The van der Waals surface area contributed by atoms with Crippen molar-refractivity contribution in [1.29, 1.82) is 0 Å². The molecular weight excluding hydrogens is 428 g/mol. The monoisotopic (exact) mass is 450 g/mol. The van der Waals surface area contributed by atoms with Crippen LogP contribution in [0.15, 0.2) is 82.7 Å². The zero-order chi connectivity index (χ0) is 23.8. The summed E-state index contributed by atoms with van der Waals surface area (Å²) in [6, 6.07) is 21.9. The van der Waals surface area contributed by atoms with Gasteiger partial charge in [0.1, 0.15) is 5.75 Å². The number of carbonyl (C=O) groups excluding carboxylic acids is 1. The van der Waals surface area contributed by atoms with E-state index in [-0.39, 0.29) is 17.2 Å². The topological polar surface area (TPSA) is 79.8 Å². The number of phenols is 1. The lowest BCUT2D eigenvalue weighted by molar-refractivity contribution is -0.122. The van der Waals surface area contributed by atoms with Crippen LogP contribution in [0.4, 0.5) is 5.69 Å². The molecule has 2 aliphatic rings. The van der Waals surface area contributed by atoms with Gasteiger partial charge in [-0.2, -0.15) is 10.1 Å². The molecule has 168 valence electrons. The second-order valence-corrected chi connectivity index (χ2v) is 8.78. The van der Waals surface area contributed by atoms with Gasteiger partial charge in [-0.15, -0.1) is 0 Å². The number of carbonyl (C=O) groups is 1. The second-order valence-electron chi connectivity index (χ2n) is 8.78. The van der Waals surface area contributed by atoms with Gasteiger partial charge in [0.15, 0.2) is 0 Å². The third kappa shape index (κ3) is 2.33. The number of aromatic hydroxyl groups is 1. The highest BCUT2D eigenvalue weighted by molar-refractivity contribution is 6.23. The number of hydrogen-bond acceptors (Lipinski definition) is 4. The van der Waals surface area contributed by atoms with Crippen LogP contribution in [0.2, 0.25) is 0 Å². The molecule has 1 N–H and O–H groups in total. The molecule has 3 aromatic carbocycles. The van der Waals surface area contributed by atoms with Gasteiger partial charge in [-0.25, -0.2) is 4.68 Å². The molecule has 0 fully saturated rings. The highest BCUT2D eigenvalue weighted by atomic mass is 16.3. The molecule has 7 heteroatoms. The van der Waals surface area contributed by atoms with Crippen molar-refractivity contribution >= 4 is 17.3 Å². The summed E-state index contributed by atoms with van der Waals surface area (Å²) in [6.07, 6.45) is 0. The Balaban J connectivity index is 1.69. The van der Waals surface area contributed by atoms with Gasteiger partial charge in [-0.1, -0.05) is 48.0 Å². The Bertz CT molecular complexity index is 1600. The molecule has 6 rings (SSSR count). The van der Waals surface area contributed by atoms with Crippen LogP contribution in [0.5, 0.6) is 5.75 Å². The molecule has 7 nitrogen and oxygen atoms in total. The summed E-state index contributed by atoms with van der Waals surface area (Å²) in [4.78, 5) is 28.1. The normalized spacial score (nSPS) is 18.4. The fourth-order valence-electron chi connectivity index (χ4n) is 5.34. The lowest BCUT2D eigenvalue weighted by Crippen LogP contribution is -2.48. The van der Waals surface area contributed by atoms with E-state index in [1.807, 2.05) is 75.4 Å². The molecule has 2 aliphatic heterocycles. The smallest absolute Gasteiger partial charge is 0.285 e. The molecule has 3 heterocycles. The molecule has 0 bridgehead atoms. The van der Waals surface area contributed by atoms with E-state index in [1.54, 1.807) is 27.6 Å². The van der Waals surface area contributed by atoms with Gasteiger partial charge in [0.2, 0.25) is 5.54 Å². The quantitative estimate of drug-likeness (QED) is 0.499. The fourth-order valence-corrected chi connectivity index (χ4v) is 5.34. The van der Waals surface area contributed by atoms with Crippen molar-refractivity contribution < 1.29 is 9.90 Å². The highest BCUT2D eigenvalue weighted by Crippen LogP contribution is 2.46. The van der Waals surface area contributed by atoms with Crippen LogP contribution < -0.4 is 10.6 Å². The Morgan fingerprint density at radius 1 is 0.882 bits per heavy atom. The first-order valence-electron chi connectivity index (χ1n) is 11.1. The van der Waals surface area contributed by atoms with Crippen molar-refractivity contribution in [2.75, 3.05) is 5.01 Å². The van der Waals surface area contributed by atoms with Gasteiger partial charge in [0.05, 0.1) is 22.6 Å². The molecule has 0 saturated carbocycles. The number of hydrazone groups is 1. The molecule has 1 spiro atoms. The zero-order valence-corrected chi connectivity index (χ0v) is 19.0. The Morgan fingerprint density at radius 3 is 2.35 bits per heavy atom. The number of anilines is 1. The van der Waals surface area contributed by atoms with Crippen LogP contribution in [0.25, 0.3) is 16.8 Å². The SMILES string of the molecule is CC1=NN(c2ccccc2)C(=O)C12c1ccccc1-n1c(=O)c(-c3cc(C)ccc3O)c(C)n12. The van der Waals surface area contributed by atoms with Gasteiger partial charge in [-0.05, 0) is 51.1 Å². The van der Waals surface area contributed by atoms with Crippen molar-refractivity contribution in [3.8, 4) is 22.6 Å². The summed E-state index contributed by atoms with van der Waals surface area (Å²) in [5, 5.41) is 16.7. The van der Waals surface area contributed by atoms with Gasteiger partial charge in [-0.3, -0.25) is 14.3 Å². The lowest BCUT2D eigenvalue weighted by Gasteiger charge is -2.27. The number of hydrogen-bond donors (Lipinski definition) is 1. The van der Waals surface area contributed by atoms with E-state index in [2.05, 4.69) is 5.10 Å². The van der Waals surface area contributed by atoms with E-state index in [0.29, 0.717) is 39.5 Å². The maximum Gasteiger partial charge on any atom is 0.285 e. The molecule has 1 unspecified atom stereocenters. The number of para-hydroxylation sites is 2. The van der Waals surface area contributed by atoms with Gasteiger partial charge < -0.3 is 5.11 Å². The Hall–Kier alpha value is -4.39. The van der Waals surface area contributed by atoms with Crippen molar-refractivity contribution in [3.63, 3.8) is 0 Å². The van der Waals surface area contributed by atoms with Crippen molar-refractivity contribution in [2.24, 2.45) is 5.10 Å². The minimum atomic E-state index is -1.30. The maximum atomic E-state index is 14.2. The van der Waals surface area contributed by atoms with E-state index in [1.165, 1.54) is 5.01 Å². The molecular formula is C27H22N4O3. The zero-order valence-electron chi connectivity index (χ0n) is 19.0. The van der Waals surface area contributed by atoms with Crippen molar-refractivity contribution in [1.82, 2.24) is 9.36 Å². The van der Waals surface area contributed by atoms with Crippen LogP contribution in [-0.2, 0) is 10.3 Å². The molecule has 4 aromatic rings. The first-order valence-corrected chi connectivity index (χ1v) is 11.1. The predicted octanol–water partition coefficient (Wildman–Crippen LogP) is 4.11. The fraction of sp³-hybridized carbons (Fsp3) is 0.148. The molecule has 0 aliphatic carbocycles. The molecule has 1 aromatic heterocycles. The second kappa shape index (κ2) is 6.81. The number of aromatic nitrogens is 2. The summed E-state index contributed by atoms with van der Waals surface area (Å²) in [6.45, 7) is 5.54. The Kier molecular flexibility index (Phi) is 4.05. The van der Waals surface area contributed by atoms with Crippen LogP contribution in [0.1, 0.15) is 23.7 Å². The van der Waals surface area contributed by atoms with E-state index >= 15 is 0 Å². The van der Waals surface area contributed by atoms with E-state index in [4.69, 9.17) is 0 Å². The Morgan fingerprint density at radius 2 is 1.59 bits per heavy atom. The van der Waals surface area contributed by atoms with Crippen LogP contribution in [0.3, 0.4) is 0 Å². The van der Waals surface area contributed by atoms with Crippen molar-refractivity contribution in [3.05, 3.63) is 100.0 Å². The average molecular weight is 450 g/mol. The number of amides is 1. The standard InChI is InChI=1S/C27H22N4O3/c1-16-13-14-23(32)20(15-16)24-17(2)31-27(21-11-7-8-12-22(21)30(31)25(24)33)18(3)28-29(26(27)34)19-9-5-4-6-10-19/h4-15,32H,1-3H3. The summed E-state index contributed by atoms with van der Waals surface area (Å²) in [5.74, 6) is -0.236. The number of phenolic OH excluding ortho intramolecular Hbond substituents is 1. The molecule has 1 atom stereocenters. The third-order valence-corrected chi connectivity index (χ3v) is 6.82. The van der Waals surface area contributed by atoms with E-state index in [0.717, 1.165) is 5.56 Å². The van der Waals surface area contributed by atoms with Crippen LogP contribution in [-0.4, -0.2) is 26.1 Å². The van der Waals surface area contributed by atoms with Crippen molar-refractivity contribution in [2.45, 2.75) is 26.3 Å². The summed E-state index contributed by atoms with van der Waals surface area (Å²) in [5.41, 5.74) is 3.30. The van der Waals surface area contributed by atoms with Crippen LogP contribution >= 0.6 is 0 Å². The first-order chi connectivity index (χ1) is 16.4. The molecule has 1 amide bonds. The third-order valence-electron chi connectivity index (χ3n) is 6.82. The minimum Gasteiger partial charge on any atom is -0.507 e. The van der Waals surface area contributed by atoms with Gasteiger partial charge in [0, 0.05) is 16.8 Å². The first kappa shape index (κ1) is 20.2. The molecule has 0 saturated heterocycles. The van der Waals surface area contributed by atoms with Gasteiger partial charge >= 0.3 is 0 Å². The summed E-state index contributed by atoms with van der Waals surface area (Å²) in [7, 11) is 0. The lowest BCUT2D eigenvalue weighted by atomic mass is 9.85. The largest absolute Gasteiger partial charge is 0.507 e. The number of benzene rings is 3. The summed E-state index contributed by atoms with van der Waals surface area (Å²) >= 11 is 0. The number of nitrogens with zero attached hydrogens (tertiary/aromatic N) is 4. The molecule has 0 radical (unpaired) electrons. The number of rotatable bonds is 2. The van der Waals surface area contributed by atoms with Gasteiger partial charge in [0.25, 0.3) is 11.5 Å². The number of aryl methyl sites for hydroxylation is 1. The Labute approximate surface area is 195 Å².